The van der Waals surface area contributed by atoms with Crippen molar-refractivity contribution in [3.8, 4) is 0 Å². The number of hydrogen-bond acceptors (Lipinski definition) is 1. The number of primary amides is 1. The minimum atomic E-state index is -0.165. The lowest BCUT2D eigenvalue weighted by atomic mass is 10.1. The van der Waals surface area contributed by atoms with Gasteiger partial charge in [0, 0.05) is 12.3 Å². The second-order valence-corrected chi connectivity index (χ2v) is 5.17. The van der Waals surface area contributed by atoms with Crippen molar-refractivity contribution < 1.29 is 4.79 Å². The molecule has 2 nitrogen and oxygen atoms in total. The topological polar surface area (TPSA) is 43.1 Å². The van der Waals surface area contributed by atoms with Crippen molar-refractivity contribution in [3.63, 3.8) is 0 Å². The third kappa shape index (κ3) is 15.8. The van der Waals surface area contributed by atoms with E-state index < -0.39 is 0 Å². The average molecular weight is 262 g/mol. The summed E-state index contributed by atoms with van der Waals surface area (Å²) in [5, 5.41) is 0. The molecule has 102 valence electrons. The molecule has 0 heterocycles. The Morgan fingerprint density at radius 3 is 1.41 bits per heavy atom. The van der Waals surface area contributed by atoms with Crippen molar-refractivity contribution >= 4 is 17.5 Å². The maximum absolute atomic E-state index is 10.5. The highest BCUT2D eigenvalue weighted by molar-refractivity contribution is 6.17. The third-order valence-electron chi connectivity index (χ3n) is 3.06. The van der Waals surface area contributed by atoms with Crippen LogP contribution in [0.5, 0.6) is 0 Å². The molecule has 0 spiro atoms. The highest BCUT2D eigenvalue weighted by Gasteiger charge is 1.95. The number of rotatable bonds is 13. The highest BCUT2D eigenvalue weighted by Crippen LogP contribution is 2.11. The standard InChI is InChI=1S/C14H28ClNO/c15-13-11-9-7-5-3-1-2-4-6-8-10-12-14(16)17/h1-13H2,(H2,16,17). The summed E-state index contributed by atoms with van der Waals surface area (Å²) in [6.45, 7) is 0. The third-order valence-corrected chi connectivity index (χ3v) is 3.32. The molecule has 0 saturated carbocycles. The first kappa shape index (κ1) is 16.8. The fourth-order valence-electron chi connectivity index (χ4n) is 1.98. The first-order chi connectivity index (χ1) is 8.27. The van der Waals surface area contributed by atoms with E-state index in [2.05, 4.69) is 0 Å². The van der Waals surface area contributed by atoms with Crippen molar-refractivity contribution in [2.75, 3.05) is 5.88 Å². The van der Waals surface area contributed by atoms with E-state index >= 15 is 0 Å². The van der Waals surface area contributed by atoms with Crippen LogP contribution in [0.1, 0.15) is 77.0 Å². The van der Waals surface area contributed by atoms with Gasteiger partial charge in [0.25, 0.3) is 0 Å². The van der Waals surface area contributed by atoms with Gasteiger partial charge in [-0.1, -0.05) is 57.8 Å². The van der Waals surface area contributed by atoms with Gasteiger partial charge in [-0.2, -0.15) is 0 Å². The van der Waals surface area contributed by atoms with Crippen molar-refractivity contribution in [1.29, 1.82) is 0 Å². The zero-order valence-electron chi connectivity index (χ0n) is 11.1. The summed E-state index contributed by atoms with van der Waals surface area (Å²) in [5.41, 5.74) is 5.08. The monoisotopic (exact) mass is 261 g/mol. The minimum Gasteiger partial charge on any atom is -0.370 e. The zero-order valence-corrected chi connectivity index (χ0v) is 11.8. The van der Waals surface area contributed by atoms with Crippen molar-refractivity contribution in [1.82, 2.24) is 0 Å². The largest absolute Gasteiger partial charge is 0.370 e. The van der Waals surface area contributed by atoms with E-state index in [1.807, 2.05) is 0 Å². The Morgan fingerprint density at radius 1 is 0.706 bits per heavy atom. The molecule has 0 aromatic carbocycles. The van der Waals surface area contributed by atoms with Crippen LogP contribution in [0.2, 0.25) is 0 Å². The maximum atomic E-state index is 10.5. The fraction of sp³-hybridized carbons (Fsp3) is 0.929. The second-order valence-electron chi connectivity index (χ2n) is 4.79. The average Bonchev–Trinajstić information content (AvgIpc) is 2.30. The molecular weight excluding hydrogens is 234 g/mol. The van der Waals surface area contributed by atoms with E-state index in [1.54, 1.807) is 0 Å². The van der Waals surface area contributed by atoms with Crippen LogP contribution in [-0.4, -0.2) is 11.8 Å². The van der Waals surface area contributed by atoms with Crippen LogP contribution < -0.4 is 5.73 Å². The number of alkyl halides is 1. The maximum Gasteiger partial charge on any atom is 0.217 e. The number of nitrogens with two attached hydrogens (primary N) is 1. The summed E-state index contributed by atoms with van der Waals surface area (Å²) in [7, 11) is 0. The number of carbonyl (C=O) groups excluding carboxylic acids is 1. The van der Waals surface area contributed by atoms with Crippen LogP contribution in [0.15, 0.2) is 0 Å². The molecule has 1 amide bonds. The quantitative estimate of drug-likeness (QED) is 0.388. The van der Waals surface area contributed by atoms with Gasteiger partial charge in [0.15, 0.2) is 0 Å². The summed E-state index contributed by atoms with van der Waals surface area (Å²) in [6.07, 6.45) is 14.4. The van der Waals surface area contributed by atoms with Gasteiger partial charge in [-0.3, -0.25) is 4.79 Å². The van der Waals surface area contributed by atoms with Crippen molar-refractivity contribution in [2.45, 2.75) is 77.0 Å². The molecule has 0 rings (SSSR count). The molecule has 17 heavy (non-hydrogen) atoms. The SMILES string of the molecule is NC(=O)CCCCCCCCCCCCCCl. The Hall–Kier alpha value is -0.240. The molecule has 0 atom stereocenters. The summed E-state index contributed by atoms with van der Waals surface area (Å²) < 4.78 is 0. The number of unbranched alkanes of at least 4 members (excludes halogenated alkanes) is 10. The van der Waals surface area contributed by atoms with Crippen LogP contribution in [0.25, 0.3) is 0 Å². The van der Waals surface area contributed by atoms with Crippen LogP contribution in [-0.2, 0) is 4.79 Å². The second kappa shape index (κ2) is 13.8. The van der Waals surface area contributed by atoms with Crippen molar-refractivity contribution in [2.24, 2.45) is 5.73 Å². The molecule has 0 unspecified atom stereocenters. The van der Waals surface area contributed by atoms with E-state index in [1.165, 1.54) is 57.8 Å². The van der Waals surface area contributed by atoms with Gasteiger partial charge >= 0.3 is 0 Å². The first-order valence-electron chi connectivity index (χ1n) is 7.11. The Kier molecular flexibility index (Phi) is 13.6. The summed E-state index contributed by atoms with van der Waals surface area (Å²) >= 11 is 5.62. The predicted octanol–water partition coefficient (Wildman–Crippen LogP) is 4.39. The van der Waals surface area contributed by atoms with Crippen LogP contribution in [0.4, 0.5) is 0 Å². The van der Waals surface area contributed by atoms with Gasteiger partial charge in [0.1, 0.15) is 0 Å². The lowest BCUT2D eigenvalue weighted by Crippen LogP contribution is -2.09. The number of hydrogen-bond donors (Lipinski definition) is 1. The van der Waals surface area contributed by atoms with Crippen LogP contribution in [0, 0.1) is 0 Å². The Balaban J connectivity index is 2.91. The first-order valence-corrected chi connectivity index (χ1v) is 7.65. The normalized spacial score (nSPS) is 10.6. The van der Waals surface area contributed by atoms with Crippen LogP contribution >= 0.6 is 11.6 Å². The summed E-state index contributed by atoms with van der Waals surface area (Å²) in [6, 6.07) is 0. The number of halogens is 1. The lowest BCUT2D eigenvalue weighted by Gasteiger charge is -2.02. The molecule has 3 heteroatoms. The van der Waals surface area contributed by atoms with E-state index in [-0.39, 0.29) is 5.91 Å². The Morgan fingerprint density at radius 2 is 1.06 bits per heavy atom. The van der Waals surface area contributed by atoms with Gasteiger partial charge < -0.3 is 5.73 Å². The zero-order chi connectivity index (χ0) is 12.8. The molecule has 0 bridgehead atoms. The Bertz CT molecular complexity index is 174. The molecule has 0 radical (unpaired) electrons. The molecule has 0 aliphatic carbocycles. The number of amides is 1. The molecule has 2 N–H and O–H groups in total. The molecule has 0 aromatic rings. The Labute approximate surface area is 111 Å². The van der Waals surface area contributed by atoms with Crippen LogP contribution in [0.3, 0.4) is 0 Å². The highest BCUT2D eigenvalue weighted by atomic mass is 35.5. The molecule has 0 aliphatic rings. The van der Waals surface area contributed by atoms with Crippen molar-refractivity contribution in [3.05, 3.63) is 0 Å². The minimum absolute atomic E-state index is 0.165. The molecule has 0 aliphatic heterocycles. The van der Waals surface area contributed by atoms with E-state index in [9.17, 15) is 4.79 Å². The molecule has 0 aromatic heterocycles. The molecular formula is C14H28ClNO. The van der Waals surface area contributed by atoms with Gasteiger partial charge in [0.05, 0.1) is 0 Å². The fourth-order valence-corrected chi connectivity index (χ4v) is 2.17. The van der Waals surface area contributed by atoms with Gasteiger partial charge in [0.2, 0.25) is 5.91 Å². The van der Waals surface area contributed by atoms with E-state index in [0.29, 0.717) is 6.42 Å². The summed E-state index contributed by atoms with van der Waals surface area (Å²) in [5.74, 6) is 0.646. The van der Waals surface area contributed by atoms with Gasteiger partial charge in [-0.15, -0.1) is 11.6 Å². The lowest BCUT2D eigenvalue weighted by molar-refractivity contribution is -0.118. The summed E-state index contributed by atoms with van der Waals surface area (Å²) in [4.78, 5) is 10.5. The van der Waals surface area contributed by atoms with Gasteiger partial charge in [-0.05, 0) is 12.8 Å². The smallest absolute Gasteiger partial charge is 0.217 e. The van der Waals surface area contributed by atoms with E-state index in [0.717, 1.165) is 18.7 Å². The number of carbonyl (C=O) groups is 1. The van der Waals surface area contributed by atoms with E-state index in [4.69, 9.17) is 17.3 Å². The predicted molar refractivity (Wildman–Crippen MR) is 75.3 cm³/mol. The molecule has 0 fully saturated rings. The van der Waals surface area contributed by atoms with Gasteiger partial charge in [-0.25, -0.2) is 0 Å². The molecule has 0 saturated heterocycles.